The standard InChI is InChI=1S/C13H24N4O4/c1-4-5-13(17(20)21)7-6-12(3,19)10(8-13)9(2)15-16-11(14)18/h10,19H,4-8H2,1-3H3,(H3,14,16,18)/b15-9-/t10-,12+,13+/m0/s1. The molecule has 8 nitrogen and oxygen atoms in total. The van der Waals surface area contributed by atoms with E-state index in [0.29, 0.717) is 31.4 Å². The Hall–Kier alpha value is -1.70. The molecule has 1 aliphatic carbocycles. The third kappa shape index (κ3) is 3.90. The summed E-state index contributed by atoms with van der Waals surface area (Å²) in [6.45, 7) is 5.19. The molecule has 0 saturated heterocycles. The second-order valence-corrected chi connectivity index (χ2v) is 6.07. The Labute approximate surface area is 123 Å². The van der Waals surface area contributed by atoms with E-state index in [1.807, 2.05) is 6.92 Å². The first-order chi connectivity index (χ1) is 9.64. The summed E-state index contributed by atoms with van der Waals surface area (Å²) in [5.41, 5.74) is 5.40. The van der Waals surface area contributed by atoms with Gasteiger partial charge >= 0.3 is 6.03 Å². The Kier molecular flexibility index (Phi) is 5.27. The first-order valence-corrected chi connectivity index (χ1v) is 7.11. The fourth-order valence-electron chi connectivity index (χ4n) is 3.13. The number of hydrogen-bond acceptors (Lipinski definition) is 5. The highest BCUT2D eigenvalue weighted by molar-refractivity contribution is 5.87. The van der Waals surface area contributed by atoms with Crippen molar-refractivity contribution in [1.82, 2.24) is 5.43 Å². The van der Waals surface area contributed by atoms with Crippen LogP contribution in [0.25, 0.3) is 0 Å². The average Bonchev–Trinajstić information content (AvgIpc) is 2.38. The monoisotopic (exact) mass is 300 g/mol. The molecule has 0 heterocycles. The number of urea groups is 1. The predicted octanol–water partition coefficient (Wildman–Crippen LogP) is 1.40. The first kappa shape index (κ1) is 17.4. The van der Waals surface area contributed by atoms with Gasteiger partial charge in [0, 0.05) is 35.8 Å². The topological polar surface area (TPSA) is 131 Å². The van der Waals surface area contributed by atoms with E-state index < -0.39 is 23.1 Å². The fourth-order valence-corrected chi connectivity index (χ4v) is 3.13. The Morgan fingerprint density at radius 1 is 1.57 bits per heavy atom. The van der Waals surface area contributed by atoms with Crippen LogP contribution in [-0.4, -0.2) is 32.9 Å². The number of nitrogens with one attached hydrogen (secondary N) is 1. The van der Waals surface area contributed by atoms with Crippen LogP contribution in [-0.2, 0) is 0 Å². The van der Waals surface area contributed by atoms with Crippen LogP contribution in [0, 0.1) is 16.0 Å². The van der Waals surface area contributed by atoms with Crippen LogP contribution >= 0.6 is 0 Å². The van der Waals surface area contributed by atoms with Gasteiger partial charge < -0.3 is 10.8 Å². The Morgan fingerprint density at radius 2 is 2.19 bits per heavy atom. The molecule has 8 heteroatoms. The molecule has 3 atom stereocenters. The summed E-state index contributed by atoms with van der Waals surface area (Å²) in [4.78, 5) is 22.0. The van der Waals surface area contributed by atoms with Gasteiger partial charge in [-0.15, -0.1) is 0 Å². The van der Waals surface area contributed by atoms with Crippen molar-refractivity contribution in [2.24, 2.45) is 16.8 Å². The Morgan fingerprint density at radius 3 is 2.67 bits per heavy atom. The summed E-state index contributed by atoms with van der Waals surface area (Å²) in [7, 11) is 0. The zero-order chi connectivity index (χ0) is 16.3. The van der Waals surface area contributed by atoms with Crippen LogP contribution in [0.5, 0.6) is 0 Å². The number of nitro groups is 1. The largest absolute Gasteiger partial charge is 0.389 e. The Balaban J connectivity index is 3.05. The molecular formula is C13H24N4O4. The second kappa shape index (κ2) is 6.38. The van der Waals surface area contributed by atoms with Crippen molar-refractivity contribution in [3.05, 3.63) is 10.1 Å². The van der Waals surface area contributed by atoms with Crippen molar-refractivity contribution < 1.29 is 14.8 Å². The molecular weight excluding hydrogens is 276 g/mol. The molecule has 0 aliphatic heterocycles. The minimum atomic E-state index is -1.08. The quantitative estimate of drug-likeness (QED) is 0.402. The number of primary amides is 1. The molecule has 1 aliphatic rings. The van der Waals surface area contributed by atoms with Crippen LogP contribution in [0.4, 0.5) is 4.79 Å². The molecule has 1 fully saturated rings. The van der Waals surface area contributed by atoms with Crippen molar-refractivity contribution in [2.45, 2.75) is 64.0 Å². The lowest BCUT2D eigenvalue weighted by Crippen LogP contribution is -2.54. The molecule has 0 aromatic carbocycles. The van der Waals surface area contributed by atoms with E-state index in [-0.39, 0.29) is 11.3 Å². The molecule has 0 spiro atoms. The molecule has 21 heavy (non-hydrogen) atoms. The third-order valence-corrected chi connectivity index (χ3v) is 4.38. The number of rotatable bonds is 5. The van der Waals surface area contributed by atoms with Crippen LogP contribution < -0.4 is 11.2 Å². The molecule has 0 unspecified atom stereocenters. The van der Waals surface area contributed by atoms with Gasteiger partial charge in [0.25, 0.3) is 0 Å². The van der Waals surface area contributed by atoms with Gasteiger partial charge in [0.05, 0.1) is 5.60 Å². The normalized spacial score (nSPS) is 33.5. The van der Waals surface area contributed by atoms with Gasteiger partial charge in [-0.05, 0) is 26.7 Å². The summed E-state index contributed by atoms with van der Waals surface area (Å²) in [6.07, 6.45) is 2.03. The average molecular weight is 300 g/mol. The van der Waals surface area contributed by atoms with Crippen molar-refractivity contribution in [2.75, 3.05) is 0 Å². The predicted molar refractivity (Wildman–Crippen MR) is 78.4 cm³/mol. The van der Waals surface area contributed by atoms with Crippen molar-refractivity contribution in [3.63, 3.8) is 0 Å². The summed E-state index contributed by atoms with van der Waals surface area (Å²) in [5.74, 6) is -0.491. The minimum Gasteiger partial charge on any atom is -0.389 e. The number of hydrazone groups is 1. The van der Waals surface area contributed by atoms with E-state index in [9.17, 15) is 20.0 Å². The lowest BCUT2D eigenvalue weighted by molar-refractivity contribution is -0.579. The van der Waals surface area contributed by atoms with Gasteiger partial charge in [-0.3, -0.25) is 10.1 Å². The van der Waals surface area contributed by atoms with E-state index in [1.165, 1.54) is 0 Å². The van der Waals surface area contributed by atoms with Crippen LogP contribution in [0.2, 0.25) is 0 Å². The molecule has 0 radical (unpaired) electrons. The van der Waals surface area contributed by atoms with Gasteiger partial charge in [0.2, 0.25) is 5.54 Å². The maximum absolute atomic E-state index is 11.5. The summed E-state index contributed by atoms with van der Waals surface area (Å²) < 4.78 is 0. The third-order valence-electron chi connectivity index (χ3n) is 4.38. The van der Waals surface area contributed by atoms with E-state index in [1.54, 1.807) is 13.8 Å². The smallest absolute Gasteiger partial charge is 0.332 e. The van der Waals surface area contributed by atoms with Gasteiger partial charge in [0.1, 0.15) is 0 Å². The van der Waals surface area contributed by atoms with Crippen molar-refractivity contribution in [1.29, 1.82) is 0 Å². The maximum Gasteiger partial charge on any atom is 0.332 e. The van der Waals surface area contributed by atoms with Crippen molar-refractivity contribution >= 4 is 11.7 Å². The molecule has 0 bridgehead atoms. The number of hydrogen-bond donors (Lipinski definition) is 3. The zero-order valence-electron chi connectivity index (χ0n) is 12.8. The van der Waals surface area contributed by atoms with E-state index in [0.717, 1.165) is 0 Å². The Bertz CT molecular complexity index is 449. The summed E-state index contributed by atoms with van der Waals surface area (Å²) in [5, 5.41) is 25.8. The SMILES string of the molecule is CCC[C@@]1([N+](=O)[O-])CC[C@@](C)(O)[C@H](/C(C)=N\NC(N)=O)C1. The molecule has 1 saturated carbocycles. The lowest BCUT2D eigenvalue weighted by atomic mass is 9.65. The highest BCUT2D eigenvalue weighted by atomic mass is 16.6. The summed E-state index contributed by atoms with van der Waals surface area (Å²) >= 11 is 0. The number of carbonyl (C=O) groups excluding carboxylic acids is 1. The number of aliphatic hydroxyl groups is 1. The van der Waals surface area contributed by atoms with Crippen molar-refractivity contribution in [3.8, 4) is 0 Å². The van der Waals surface area contributed by atoms with E-state index >= 15 is 0 Å². The van der Waals surface area contributed by atoms with E-state index in [4.69, 9.17) is 5.73 Å². The number of nitrogens with zero attached hydrogens (tertiary/aromatic N) is 2. The van der Waals surface area contributed by atoms with E-state index in [2.05, 4.69) is 10.5 Å². The number of amides is 2. The van der Waals surface area contributed by atoms with Gasteiger partial charge in [-0.1, -0.05) is 6.92 Å². The molecule has 4 N–H and O–H groups in total. The zero-order valence-corrected chi connectivity index (χ0v) is 12.8. The summed E-state index contributed by atoms with van der Waals surface area (Å²) in [6, 6.07) is -0.807. The first-order valence-electron chi connectivity index (χ1n) is 7.11. The highest BCUT2D eigenvalue weighted by Crippen LogP contribution is 2.43. The highest BCUT2D eigenvalue weighted by Gasteiger charge is 2.53. The molecule has 2 amide bonds. The van der Waals surface area contributed by atoms with Crippen LogP contribution in [0.3, 0.4) is 0 Å². The number of nitrogens with two attached hydrogens (primary N) is 1. The molecule has 120 valence electrons. The molecule has 0 aromatic heterocycles. The van der Waals surface area contributed by atoms with Gasteiger partial charge in [-0.25, -0.2) is 10.2 Å². The maximum atomic E-state index is 11.5. The van der Waals surface area contributed by atoms with Crippen LogP contribution in [0.15, 0.2) is 5.10 Å². The van der Waals surface area contributed by atoms with Gasteiger partial charge in [0.15, 0.2) is 0 Å². The minimum absolute atomic E-state index is 0.205. The molecule has 1 rings (SSSR count). The molecule has 0 aromatic rings. The van der Waals surface area contributed by atoms with Gasteiger partial charge in [-0.2, -0.15) is 5.10 Å². The lowest BCUT2D eigenvalue weighted by Gasteiger charge is -2.43. The van der Waals surface area contributed by atoms with Crippen LogP contribution in [0.1, 0.15) is 52.9 Å². The number of carbonyl (C=O) groups is 1. The fraction of sp³-hybridized carbons (Fsp3) is 0.846. The second-order valence-electron chi connectivity index (χ2n) is 6.07.